The van der Waals surface area contributed by atoms with Crippen LogP contribution in [0.3, 0.4) is 0 Å². The summed E-state index contributed by atoms with van der Waals surface area (Å²) in [6.45, 7) is 11.2. The van der Waals surface area contributed by atoms with E-state index in [-0.39, 0.29) is 5.97 Å². The molecule has 0 aliphatic rings. The predicted molar refractivity (Wildman–Crippen MR) is 68.7 cm³/mol. The van der Waals surface area contributed by atoms with E-state index in [1.54, 1.807) is 20.8 Å². The van der Waals surface area contributed by atoms with Gasteiger partial charge < -0.3 is 15.2 Å². The summed E-state index contributed by atoms with van der Waals surface area (Å²) in [5.74, 6) is -0.123. The minimum Gasteiger partial charge on any atom is -0.469 e. The van der Waals surface area contributed by atoms with Gasteiger partial charge in [-0.05, 0) is 27.2 Å². The average Bonchev–Trinajstić information content (AvgIpc) is 2.18. The molecule has 1 amide bonds. The molecule has 0 saturated heterocycles. The fourth-order valence-corrected chi connectivity index (χ4v) is 0.608. The molecule has 104 valence electrons. The maximum Gasteiger partial charge on any atom is 0.405 e. The summed E-state index contributed by atoms with van der Waals surface area (Å²) >= 11 is 0. The van der Waals surface area contributed by atoms with Crippen molar-refractivity contribution in [1.82, 2.24) is 0 Å². The van der Waals surface area contributed by atoms with Crippen molar-refractivity contribution in [3.05, 3.63) is 0 Å². The molecule has 0 aromatic heterocycles. The number of ether oxygens (including phenoxy) is 2. The highest BCUT2D eigenvalue weighted by Crippen LogP contribution is 2.04. The van der Waals surface area contributed by atoms with E-state index in [0.717, 1.165) is 6.42 Å². The fraction of sp³-hybridized carbons (Fsp3) is 0.833. The first kappa shape index (κ1) is 21.1. The lowest BCUT2D eigenvalue weighted by Gasteiger charge is -2.16. The molecule has 0 aliphatic carbocycles. The van der Waals surface area contributed by atoms with E-state index in [2.05, 4.69) is 9.47 Å². The van der Waals surface area contributed by atoms with Crippen LogP contribution in [0.25, 0.3) is 0 Å². The molecule has 0 aromatic rings. The van der Waals surface area contributed by atoms with Crippen LogP contribution in [0.15, 0.2) is 0 Å². The van der Waals surface area contributed by atoms with Crippen LogP contribution in [-0.2, 0) is 14.3 Å². The highest BCUT2D eigenvalue weighted by Gasteiger charge is 2.12. The Morgan fingerprint density at radius 3 is 1.65 bits per heavy atom. The third kappa shape index (κ3) is 31.3. The van der Waals surface area contributed by atoms with Crippen LogP contribution < -0.4 is 5.73 Å². The second-order valence-electron chi connectivity index (χ2n) is 3.86. The van der Waals surface area contributed by atoms with E-state index >= 15 is 0 Å². The molecule has 0 aliphatic heterocycles. The number of amides is 1. The molecule has 0 heterocycles. The van der Waals surface area contributed by atoms with Gasteiger partial charge in [0.05, 0.1) is 7.11 Å². The number of primary amides is 1. The van der Waals surface area contributed by atoms with Crippen molar-refractivity contribution in [1.29, 1.82) is 0 Å². The van der Waals surface area contributed by atoms with Gasteiger partial charge in [-0.1, -0.05) is 20.8 Å². The monoisotopic (exact) mass is 249 g/mol. The molecule has 0 aromatic carbocycles. The van der Waals surface area contributed by atoms with Crippen molar-refractivity contribution in [2.24, 2.45) is 5.73 Å². The van der Waals surface area contributed by atoms with E-state index in [4.69, 9.17) is 5.73 Å². The second-order valence-corrected chi connectivity index (χ2v) is 3.86. The molecule has 0 spiro atoms. The Morgan fingerprint density at radius 1 is 1.18 bits per heavy atom. The summed E-state index contributed by atoms with van der Waals surface area (Å²) in [5.41, 5.74) is 4.26. The Hall–Kier alpha value is -1.26. The van der Waals surface area contributed by atoms with Crippen molar-refractivity contribution in [3.63, 3.8) is 0 Å². The number of nitrogens with two attached hydrogens (primary N) is 1. The van der Waals surface area contributed by atoms with E-state index in [9.17, 15) is 9.59 Å². The third-order valence-electron chi connectivity index (χ3n) is 1.09. The van der Waals surface area contributed by atoms with Crippen molar-refractivity contribution in [2.45, 2.75) is 60.0 Å². The highest BCUT2D eigenvalue weighted by atomic mass is 16.6. The van der Waals surface area contributed by atoms with Crippen molar-refractivity contribution in [2.75, 3.05) is 7.11 Å². The van der Waals surface area contributed by atoms with Gasteiger partial charge in [-0.3, -0.25) is 4.79 Å². The van der Waals surface area contributed by atoms with Crippen LogP contribution in [0.4, 0.5) is 4.79 Å². The minimum absolute atomic E-state index is 0.123. The smallest absolute Gasteiger partial charge is 0.405 e. The normalized spacial score (nSPS) is 8.88. The zero-order valence-corrected chi connectivity index (χ0v) is 12.1. The Kier molecular flexibility index (Phi) is 15.9. The molecule has 5 heteroatoms. The lowest BCUT2D eigenvalue weighted by Crippen LogP contribution is -2.27. The van der Waals surface area contributed by atoms with Crippen LogP contribution in [-0.4, -0.2) is 24.8 Å². The Bertz CT molecular complexity index is 197. The van der Waals surface area contributed by atoms with E-state index in [1.165, 1.54) is 7.11 Å². The SMILES string of the molecule is CC.CC(C)(C)OC(N)=O.CCCC(=O)OC. The third-order valence-corrected chi connectivity index (χ3v) is 1.09. The first-order valence-corrected chi connectivity index (χ1v) is 5.78. The molecule has 0 saturated carbocycles. The number of methoxy groups -OCH3 is 1. The van der Waals surface area contributed by atoms with Gasteiger partial charge in [0.15, 0.2) is 0 Å². The zero-order chi connectivity index (χ0) is 14.5. The first-order valence-electron chi connectivity index (χ1n) is 5.78. The number of carbonyl (C=O) groups excluding carboxylic acids is 2. The summed E-state index contributed by atoms with van der Waals surface area (Å²) in [6.07, 6.45) is 0.681. The summed E-state index contributed by atoms with van der Waals surface area (Å²) < 4.78 is 8.93. The molecular weight excluding hydrogens is 222 g/mol. The summed E-state index contributed by atoms with van der Waals surface area (Å²) in [5, 5.41) is 0. The topological polar surface area (TPSA) is 78.6 Å². The molecule has 0 radical (unpaired) electrons. The van der Waals surface area contributed by atoms with Crippen LogP contribution in [0, 0.1) is 0 Å². The summed E-state index contributed by atoms with van der Waals surface area (Å²) in [7, 11) is 1.40. The van der Waals surface area contributed by atoms with Gasteiger partial charge in [0, 0.05) is 6.42 Å². The summed E-state index contributed by atoms with van der Waals surface area (Å²) in [6, 6.07) is 0. The predicted octanol–water partition coefficient (Wildman–Crippen LogP) is 2.87. The van der Waals surface area contributed by atoms with Gasteiger partial charge in [0.1, 0.15) is 5.60 Å². The zero-order valence-electron chi connectivity index (χ0n) is 12.1. The average molecular weight is 249 g/mol. The van der Waals surface area contributed by atoms with E-state index in [1.807, 2.05) is 20.8 Å². The Balaban J connectivity index is -0.000000202. The van der Waals surface area contributed by atoms with E-state index in [0.29, 0.717) is 6.42 Å². The Labute approximate surface area is 105 Å². The van der Waals surface area contributed by atoms with Crippen molar-refractivity contribution in [3.8, 4) is 0 Å². The van der Waals surface area contributed by atoms with Crippen LogP contribution in [0.1, 0.15) is 54.4 Å². The number of hydrogen-bond acceptors (Lipinski definition) is 4. The molecule has 0 atom stereocenters. The van der Waals surface area contributed by atoms with Crippen molar-refractivity contribution >= 4 is 12.1 Å². The fourth-order valence-electron chi connectivity index (χ4n) is 0.608. The van der Waals surface area contributed by atoms with E-state index < -0.39 is 11.7 Å². The molecule has 0 fully saturated rings. The molecule has 0 unspecified atom stereocenters. The van der Waals surface area contributed by atoms with Crippen LogP contribution in [0.5, 0.6) is 0 Å². The largest absolute Gasteiger partial charge is 0.469 e. The maximum atomic E-state index is 10.2. The number of hydrogen-bond donors (Lipinski definition) is 1. The number of rotatable bonds is 2. The molecule has 2 N–H and O–H groups in total. The number of carbonyl (C=O) groups is 2. The van der Waals surface area contributed by atoms with Gasteiger partial charge in [-0.25, -0.2) is 4.79 Å². The van der Waals surface area contributed by atoms with Gasteiger partial charge in [0.2, 0.25) is 0 Å². The molecule has 0 bridgehead atoms. The first-order chi connectivity index (χ1) is 7.72. The van der Waals surface area contributed by atoms with Crippen LogP contribution in [0.2, 0.25) is 0 Å². The molecule has 17 heavy (non-hydrogen) atoms. The highest BCUT2D eigenvalue weighted by molar-refractivity contribution is 5.68. The number of esters is 1. The van der Waals surface area contributed by atoms with Gasteiger partial charge in [0.25, 0.3) is 0 Å². The maximum absolute atomic E-state index is 10.2. The quantitative estimate of drug-likeness (QED) is 0.763. The molecular formula is C12H27NO4. The Morgan fingerprint density at radius 2 is 1.59 bits per heavy atom. The second kappa shape index (κ2) is 12.8. The summed E-state index contributed by atoms with van der Waals surface area (Å²) in [4.78, 5) is 20.2. The minimum atomic E-state index is -0.725. The molecule has 5 nitrogen and oxygen atoms in total. The van der Waals surface area contributed by atoms with Crippen molar-refractivity contribution < 1.29 is 19.1 Å². The van der Waals surface area contributed by atoms with Gasteiger partial charge in [-0.2, -0.15) is 0 Å². The standard InChI is InChI=1S/C5H11NO2.C5H10O2.C2H6/c1-5(2,3)8-4(6)7;1-3-4-5(6)7-2;1-2/h1-3H3,(H2,6,7);3-4H2,1-2H3;1-2H3. The van der Waals surface area contributed by atoms with Gasteiger partial charge >= 0.3 is 12.1 Å². The lowest BCUT2D eigenvalue weighted by atomic mass is 10.2. The van der Waals surface area contributed by atoms with Crippen LogP contribution >= 0.6 is 0 Å². The lowest BCUT2D eigenvalue weighted by molar-refractivity contribution is -0.140. The van der Waals surface area contributed by atoms with Gasteiger partial charge in [-0.15, -0.1) is 0 Å². The molecule has 0 rings (SSSR count).